The standard InChI is InChI=1S/C13H32N4/c1-7-17(8-2)12-11-16(6)13-15(5)10-9-14(3)4/h7-13H2,1-6H3. The first-order chi connectivity index (χ1) is 7.99. The van der Waals surface area contributed by atoms with Crippen LogP contribution < -0.4 is 0 Å². The zero-order valence-electron chi connectivity index (χ0n) is 12.7. The van der Waals surface area contributed by atoms with Crippen LogP contribution in [0, 0.1) is 0 Å². The Morgan fingerprint density at radius 1 is 0.647 bits per heavy atom. The summed E-state index contributed by atoms with van der Waals surface area (Å²) in [4.78, 5) is 9.47. The zero-order valence-corrected chi connectivity index (χ0v) is 12.7. The molecule has 0 aliphatic carbocycles. The summed E-state index contributed by atoms with van der Waals surface area (Å²) in [5, 5.41) is 0. The molecule has 0 amide bonds. The van der Waals surface area contributed by atoms with Crippen molar-refractivity contribution in [3.8, 4) is 0 Å². The molecular weight excluding hydrogens is 212 g/mol. The van der Waals surface area contributed by atoms with Gasteiger partial charge in [0, 0.05) is 26.2 Å². The quantitative estimate of drug-likeness (QED) is 0.525. The van der Waals surface area contributed by atoms with Crippen LogP contribution in [0.15, 0.2) is 0 Å². The minimum Gasteiger partial charge on any atom is -0.308 e. The molecule has 0 N–H and O–H groups in total. The lowest BCUT2D eigenvalue weighted by Gasteiger charge is -2.27. The van der Waals surface area contributed by atoms with Gasteiger partial charge in [0.25, 0.3) is 0 Å². The van der Waals surface area contributed by atoms with Gasteiger partial charge in [0.2, 0.25) is 0 Å². The van der Waals surface area contributed by atoms with E-state index in [1.54, 1.807) is 0 Å². The molecule has 4 heteroatoms. The molecule has 0 aromatic heterocycles. The highest BCUT2D eigenvalue weighted by molar-refractivity contribution is 4.59. The molecule has 0 fully saturated rings. The lowest BCUT2D eigenvalue weighted by Crippen LogP contribution is -2.40. The maximum absolute atomic E-state index is 2.47. The maximum Gasteiger partial charge on any atom is 0.0501 e. The van der Waals surface area contributed by atoms with Crippen molar-refractivity contribution in [2.75, 3.05) is 74.1 Å². The van der Waals surface area contributed by atoms with Crippen molar-refractivity contribution in [1.29, 1.82) is 0 Å². The number of hydrogen-bond donors (Lipinski definition) is 0. The predicted molar refractivity (Wildman–Crippen MR) is 76.5 cm³/mol. The highest BCUT2D eigenvalue weighted by atomic mass is 15.3. The third-order valence-corrected chi connectivity index (χ3v) is 3.10. The smallest absolute Gasteiger partial charge is 0.0501 e. The molecule has 0 aliphatic rings. The minimum atomic E-state index is 1.05. The second kappa shape index (κ2) is 9.83. The van der Waals surface area contributed by atoms with Crippen LogP contribution in [0.1, 0.15) is 13.8 Å². The first-order valence-corrected chi connectivity index (χ1v) is 6.73. The zero-order chi connectivity index (χ0) is 13.3. The number of likely N-dealkylation sites (N-methyl/N-ethyl adjacent to an activating group) is 4. The molecule has 0 atom stereocenters. The van der Waals surface area contributed by atoms with Crippen LogP contribution in [0.5, 0.6) is 0 Å². The van der Waals surface area contributed by atoms with Gasteiger partial charge in [-0.25, -0.2) is 0 Å². The van der Waals surface area contributed by atoms with Crippen LogP contribution in [-0.4, -0.2) is 93.7 Å². The van der Waals surface area contributed by atoms with Gasteiger partial charge in [-0.1, -0.05) is 13.8 Å². The molecule has 0 radical (unpaired) electrons. The summed E-state index contributed by atoms with van der Waals surface area (Å²) in [6.07, 6.45) is 0. The van der Waals surface area contributed by atoms with Crippen molar-refractivity contribution >= 4 is 0 Å². The van der Waals surface area contributed by atoms with E-state index in [9.17, 15) is 0 Å². The molecule has 0 aromatic carbocycles. The molecule has 17 heavy (non-hydrogen) atoms. The van der Waals surface area contributed by atoms with Gasteiger partial charge in [-0.3, -0.25) is 9.80 Å². The Hall–Kier alpha value is -0.160. The monoisotopic (exact) mass is 244 g/mol. The lowest BCUT2D eigenvalue weighted by molar-refractivity contribution is 0.154. The molecular formula is C13H32N4. The highest BCUT2D eigenvalue weighted by Gasteiger charge is 2.05. The first kappa shape index (κ1) is 16.8. The van der Waals surface area contributed by atoms with E-state index in [0.29, 0.717) is 0 Å². The summed E-state index contributed by atoms with van der Waals surface area (Å²) in [6.45, 7) is 12.4. The number of rotatable bonds is 10. The van der Waals surface area contributed by atoms with Gasteiger partial charge in [-0.05, 0) is 41.3 Å². The third-order valence-electron chi connectivity index (χ3n) is 3.10. The van der Waals surface area contributed by atoms with Crippen LogP contribution in [-0.2, 0) is 0 Å². The minimum absolute atomic E-state index is 1.05. The third kappa shape index (κ3) is 9.53. The Balaban J connectivity index is 3.66. The molecule has 4 nitrogen and oxygen atoms in total. The Bertz CT molecular complexity index is 169. The molecule has 0 aliphatic heterocycles. The average molecular weight is 244 g/mol. The van der Waals surface area contributed by atoms with Gasteiger partial charge >= 0.3 is 0 Å². The maximum atomic E-state index is 2.47. The van der Waals surface area contributed by atoms with E-state index in [1.165, 1.54) is 6.54 Å². The fourth-order valence-electron chi connectivity index (χ4n) is 1.78. The van der Waals surface area contributed by atoms with E-state index in [-0.39, 0.29) is 0 Å². The predicted octanol–water partition coefficient (Wildman–Crippen LogP) is 0.711. The second-order valence-electron chi connectivity index (χ2n) is 5.13. The average Bonchev–Trinajstić information content (AvgIpc) is 2.27. The fourth-order valence-corrected chi connectivity index (χ4v) is 1.78. The van der Waals surface area contributed by atoms with Crippen molar-refractivity contribution < 1.29 is 0 Å². The molecule has 0 saturated heterocycles. The normalized spacial score (nSPS) is 12.4. The Kier molecular flexibility index (Phi) is 9.74. The summed E-state index contributed by atoms with van der Waals surface area (Å²) < 4.78 is 0. The molecule has 0 bridgehead atoms. The Labute approximate surface area is 108 Å². The number of nitrogens with zero attached hydrogens (tertiary/aromatic N) is 4. The second-order valence-corrected chi connectivity index (χ2v) is 5.13. The Morgan fingerprint density at radius 2 is 1.12 bits per heavy atom. The summed E-state index contributed by atoms with van der Waals surface area (Å²) >= 11 is 0. The van der Waals surface area contributed by atoms with Crippen molar-refractivity contribution in [3.63, 3.8) is 0 Å². The van der Waals surface area contributed by atoms with Gasteiger partial charge in [-0.2, -0.15) is 0 Å². The van der Waals surface area contributed by atoms with Gasteiger partial charge in [0.15, 0.2) is 0 Å². The van der Waals surface area contributed by atoms with Crippen LogP contribution in [0.2, 0.25) is 0 Å². The van der Waals surface area contributed by atoms with E-state index >= 15 is 0 Å². The highest BCUT2D eigenvalue weighted by Crippen LogP contribution is 1.92. The Morgan fingerprint density at radius 3 is 1.53 bits per heavy atom. The summed E-state index contributed by atoms with van der Waals surface area (Å²) in [5.41, 5.74) is 0. The molecule has 0 unspecified atom stereocenters. The first-order valence-electron chi connectivity index (χ1n) is 6.73. The molecule has 0 aromatic rings. The van der Waals surface area contributed by atoms with Gasteiger partial charge in [0.05, 0.1) is 6.67 Å². The van der Waals surface area contributed by atoms with E-state index < -0.39 is 0 Å². The molecule has 104 valence electrons. The fraction of sp³-hybridized carbons (Fsp3) is 1.00. The van der Waals surface area contributed by atoms with Crippen molar-refractivity contribution in [2.45, 2.75) is 13.8 Å². The summed E-state index contributed by atoms with van der Waals surface area (Å²) in [7, 11) is 8.64. The van der Waals surface area contributed by atoms with Gasteiger partial charge in [-0.15, -0.1) is 0 Å². The molecule has 0 heterocycles. The van der Waals surface area contributed by atoms with Gasteiger partial charge < -0.3 is 9.80 Å². The summed E-state index contributed by atoms with van der Waals surface area (Å²) in [5.74, 6) is 0. The van der Waals surface area contributed by atoms with Crippen LogP contribution in [0.25, 0.3) is 0 Å². The number of hydrogen-bond acceptors (Lipinski definition) is 4. The lowest BCUT2D eigenvalue weighted by atomic mass is 10.4. The van der Waals surface area contributed by atoms with E-state index in [1.807, 2.05) is 0 Å². The molecule has 0 saturated carbocycles. The van der Waals surface area contributed by atoms with Crippen LogP contribution in [0.4, 0.5) is 0 Å². The van der Waals surface area contributed by atoms with E-state index in [2.05, 4.69) is 61.6 Å². The van der Waals surface area contributed by atoms with Crippen molar-refractivity contribution in [2.24, 2.45) is 0 Å². The topological polar surface area (TPSA) is 13.0 Å². The largest absolute Gasteiger partial charge is 0.308 e. The van der Waals surface area contributed by atoms with Crippen molar-refractivity contribution in [1.82, 2.24) is 19.6 Å². The van der Waals surface area contributed by atoms with Crippen LogP contribution >= 0.6 is 0 Å². The van der Waals surface area contributed by atoms with Crippen LogP contribution in [0.3, 0.4) is 0 Å². The molecule has 0 spiro atoms. The van der Waals surface area contributed by atoms with Crippen molar-refractivity contribution in [3.05, 3.63) is 0 Å². The SMILES string of the molecule is CCN(CC)CCN(C)CN(C)CCN(C)C. The van der Waals surface area contributed by atoms with E-state index in [4.69, 9.17) is 0 Å². The summed E-state index contributed by atoms with van der Waals surface area (Å²) in [6, 6.07) is 0. The van der Waals surface area contributed by atoms with E-state index in [0.717, 1.165) is 39.4 Å². The molecule has 0 rings (SSSR count). The van der Waals surface area contributed by atoms with Gasteiger partial charge in [0.1, 0.15) is 0 Å².